The van der Waals surface area contributed by atoms with Crippen LogP contribution in [0.1, 0.15) is 56.4 Å². The van der Waals surface area contributed by atoms with Gasteiger partial charge in [-0.05, 0) is 61.8 Å². The van der Waals surface area contributed by atoms with Crippen molar-refractivity contribution in [3.8, 4) is 0 Å². The normalized spacial score (nSPS) is 15.3. The van der Waals surface area contributed by atoms with Gasteiger partial charge in [0.05, 0.1) is 5.52 Å². The molecule has 3 rings (SSSR count). The van der Waals surface area contributed by atoms with Crippen LogP contribution in [0.4, 0.5) is 5.69 Å². The predicted molar refractivity (Wildman–Crippen MR) is 86.6 cm³/mol. The molecule has 0 amide bonds. The van der Waals surface area contributed by atoms with Crippen LogP contribution in [0.2, 0.25) is 0 Å². The quantitative estimate of drug-likeness (QED) is 0.871. The number of benzene rings is 1. The molecular formula is C18H24N2. The molecule has 2 heteroatoms. The van der Waals surface area contributed by atoms with Crippen LogP contribution in [-0.4, -0.2) is 11.5 Å². The maximum absolute atomic E-state index is 4.88. The van der Waals surface area contributed by atoms with Crippen molar-refractivity contribution in [1.29, 1.82) is 0 Å². The summed E-state index contributed by atoms with van der Waals surface area (Å²) in [5.74, 6) is 0.613. The number of nitrogens with one attached hydrogen (secondary N) is 1. The third-order valence-corrected chi connectivity index (χ3v) is 4.57. The molecule has 1 aliphatic carbocycles. The Labute approximate surface area is 121 Å². The van der Waals surface area contributed by atoms with Crippen LogP contribution < -0.4 is 5.32 Å². The van der Waals surface area contributed by atoms with Crippen molar-refractivity contribution in [2.24, 2.45) is 0 Å². The Kier molecular flexibility index (Phi) is 3.64. The van der Waals surface area contributed by atoms with Crippen LogP contribution in [0.5, 0.6) is 0 Å². The number of hydrogen-bond acceptors (Lipinski definition) is 2. The standard InChI is InChI=1S/C18H24N2/c1-4-12(3)13-9-10-17-15(11-13)18(19-5-2)14-7-6-8-16(14)20-17/h9-12H,4-8H2,1-3H3,(H,19,20). The number of pyridine rings is 1. The maximum atomic E-state index is 4.88. The summed E-state index contributed by atoms with van der Waals surface area (Å²) in [5, 5.41) is 4.91. The molecule has 0 saturated heterocycles. The van der Waals surface area contributed by atoms with E-state index in [4.69, 9.17) is 4.98 Å². The molecule has 1 aromatic heterocycles. The van der Waals surface area contributed by atoms with Crippen molar-refractivity contribution in [3.05, 3.63) is 35.0 Å². The van der Waals surface area contributed by atoms with Gasteiger partial charge in [-0.1, -0.05) is 19.9 Å². The molecule has 0 bridgehead atoms. The van der Waals surface area contributed by atoms with E-state index in [9.17, 15) is 0 Å². The monoisotopic (exact) mass is 268 g/mol. The summed E-state index contributed by atoms with van der Waals surface area (Å²) in [4.78, 5) is 4.88. The van der Waals surface area contributed by atoms with E-state index in [0.29, 0.717) is 5.92 Å². The van der Waals surface area contributed by atoms with Gasteiger partial charge in [0.1, 0.15) is 0 Å². The largest absolute Gasteiger partial charge is 0.384 e. The first kappa shape index (κ1) is 13.4. The van der Waals surface area contributed by atoms with Crippen molar-refractivity contribution in [3.63, 3.8) is 0 Å². The molecule has 1 heterocycles. The molecule has 0 fully saturated rings. The fourth-order valence-corrected chi connectivity index (χ4v) is 3.20. The lowest BCUT2D eigenvalue weighted by Crippen LogP contribution is -2.04. The Morgan fingerprint density at radius 2 is 2.10 bits per heavy atom. The molecule has 0 aliphatic heterocycles. The molecule has 0 saturated carbocycles. The molecule has 106 valence electrons. The van der Waals surface area contributed by atoms with Crippen LogP contribution in [-0.2, 0) is 12.8 Å². The van der Waals surface area contributed by atoms with Crippen molar-refractivity contribution < 1.29 is 0 Å². The van der Waals surface area contributed by atoms with E-state index in [0.717, 1.165) is 18.5 Å². The van der Waals surface area contributed by atoms with Crippen LogP contribution >= 0.6 is 0 Å². The lowest BCUT2D eigenvalue weighted by Gasteiger charge is -2.16. The van der Waals surface area contributed by atoms with Gasteiger partial charge in [-0.2, -0.15) is 0 Å². The van der Waals surface area contributed by atoms with Gasteiger partial charge >= 0.3 is 0 Å². The lowest BCUT2D eigenvalue weighted by atomic mass is 9.95. The minimum Gasteiger partial charge on any atom is -0.384 e. The molecule has 1 atom stereocenters. The third kappa shape index (κ3) is 2.17. The van der Waals surface area contributed by atoms with Gasteiger partial charge in [0.25, 0.3) is 0 Å². The van der Waals surface area contributed by atoms with Crippen molar-refractivity contribution in [2.45, 2.75) is 52.4 Å². The highest BCUT2D eigenvalue weighted by Gasteiger charge is 2.19. The van der Waals surface area contributed by atoms with E-state index in [1.54, 1.807) is 0 Å². The number of fused-ring (bicyclic) bond motifs is 2. The van der Waals surface area contributed by atoms with Crippen LogP contribution in [0.3, 0.4) is 0 Å². The van der Waals surface area contributed by atoms with Crippen LogP contribution in [0.25, 0.3) is 10.9 Å². The van der Waals surface area contributed by atoms with Crippen molar-refractivity contribution in [1.82, 2.24) is 4.98 Å². The highest BCUT2D eigenvalue weighted by atomic mass is 14.9. The zero-order valence-corrected chi connectivity index (χ0v) is 12.8. The summed E-state index contributed by atoms with van der Waals surface area (Å²) in [5.41, 5.74) is 6.69. The molecule has 0 spiro atoms. The third-order valence-electron chi connectivity index (χ3n) is 4.57. The Morgan fingerprint density at radius 3 is 2.85 bits per heavy atom. The number of nitrogens with zero attached hydrogens (tertiary/aromatic N) is 1. The van der Waals surface area contributed by atoms with Gasteiger partial charge in [-0.3, -0.25) is 4.98 Å². The second-order valence-electron chi connectivity index (χ2n) is 5.88. The molecule has 1 unspecified atom stereocenters. The molecule has 0 radical (unpaired) electrons. The first-order valence-electron chi connectivity index (χ1n) is 7.93. The van der Waals surface area contributed by atoms with E-state index in [-0.39, 0.29) is 0 Å². The summed E-state index contributed by atoms with van der Waals surface area (Å²) in [6.45, 7) is 7.70. The second kappa shape index (κ2) is 5.43. The number of rotatable bonds is 4. The molecule has 1 aromatic carbocycles. The molecule has 2 nitrogen and oxygen atoms in total. The maximum Gasteiger partial charge on any atom is 0.0726 e. The minimum atomic E-state index is 0.613. The highest BCUT2D eigenvalue weighted by Crippen LogP contribution is 2.35. The molecule has 1 aliphatic rings. The SMILES string of the molecule is CCNc1c2c(nc3ccc(C(C)CC)cc13)CCC2. The summed E-state index contributed by atoms with van der Waals surface area (Å²) in [6, 6.07) is 6.81. The second-order valence-corrected chi connectivity index (χ2v) is 5.88. The number of aryl methyl sites for hydroxylation is 1. The number of hydrogen-bond donors (Lipinski definition) is 1. The van der Waals surface area contributed by atoms with Crippen molar-refractivity contribution in [2.75, 3.05) is 11.9 Å². The summed E-state index contributed by atoms with van der Waals surface area (Å²) >= 11 is 0. The van der Waals surface area contributed by atoms with Crippen molar-refractivity contribution >= 4 is 16.6 Å². The first-order chi connectivity index (χ1) is 9.74. The minimum absolute atomic E-state index is 0.613. The Balaban J connectivity index is 2.21. The number of aromatic nitrogens is 1. The lowest BCUT2D eigenvalue weighted by molar-refractivity contribution is 0.734. The summed E-state index contributed by atoms with van der Waals surface area (Å²) in [6.07, 6.45) is 4.74. The predicted octanol–water partition coefficient (Wildman–Crippen LogP) is 4.67. The Morgan fingerprint density at radius 1 is 1.25 bits per heavy atom. The Bertz CT molecular complexity index is 631. The molecular weight excluding hydrogens is 244 g/mol. The van der Waals surface area contributed by atoms with Gasteiger partial charge in [-0.25, -0.2) is 0 Å². The van der Waals surface area contributed by atoms with Gasteiger partial charge in [-0.15, -0.1) is 0 Å². The topological polar surface area (TPSA) is 24.9 Å². The summed E-state index contributed by atoms with van der Waals surface area (Å²) in [7, 11) is 0. The van der Waals surface area contributed by atoms with E-state index >= 15 is 0 Å². The fraction of sp³-hybridized carbons (Fsp3) is 0.500. The van der Waals surface area contributed by atoms with E-state index in [2.05, 4.69) is 44.3 Å². The zero-order chi connectivity index (χ0) is 14.1. The smallest absolute Gasteiger partial charge is 0.0726 e. The van der Waals surface area contributed by atoms with E-state index in [1.165, 1.54) is 47.2 Å². The molecule has 1 N–H and O–H groups in total. The zero-order valence-electron chi connectivity index (χ0n) is 12.8. The summed E-state index contributed by atoms with van der Waals surface area (Å²) < 4.78 is 0. The van der Waals surface area contributed by atoms with Gasteiger partial charge in [0.15, 0.2) is 0 Å². The van der Waals surface area contributed by atoms with Gasteiger partial charge < -0.3 is 5.32 Å². The molecule has 20 heavy (non-hydrogen) atoms. The number of anilines is 1. The van der Waals surface area contributed by atoms with Gasteiger partial charge in [0.2, 0.25) is 0 Å². The average Bonchev–Trinajstić information content (AvgIpc) is 2.94. The Hall–Kier alpha value is -1.57. The first-order valence-corrected chi connectivity index (χ1v) is 7.93. The van der Waals surface area contributed by atoms with E-state index in [1.807, 2.05) is 0 Å². The molecule has 2 aromatic rings. The van der Waals surface area contributed by atoms with Crippen LogP contribution in [0.15, 0.2) is 18.2 Å². The van der Waals surface area contributed by atoms with Crippen LogP contribution in [0, 0.1) is 0 Å². The average molecular weight is 268 g/mol. The van der Waals surface area contributed by atoms with E-state index < -0.39 is 0 Å². The highest BCUT2D eigenvalue weighted by molar-refractivity contribution is 5.94. The fourth-order valence-electron chi connectivity index (χ4n) is 3.20. The van der Waals surface area contributed by atoms with Gasteiger partial charge in [0, 0.05) is 23.3 Å².